The maximum atomic E-state index is 8.49. The van der Waals surface area contributed by atoms with Crippen LogP contribution >= 0.6 is 34.4 Å². The summed E-state index contributed by atoms with van der Waals surface area (Å²) in [5.74, 6) is 0. The smallest absolute Gasteiger partial charge is 0.239 e. The fourth-order valence-electron chi connectivity index (χ4n) is 3.62. The predicted molar refractivity (Wildman–Crippen MR) is 120 cm³/mol. The van der Waals surface area contributed by atoms with Gasteiger partial charge in [-0.05, 0) is 41.4 Å². The lowest BCUT2D eigenvalue weighted by molar-refractivity contribution is -2.00. The summed E-state index contributed by atoms with van der Waals surface area (Å²) < 4.78 is 47.4. The van der Waals surface area contributed by atoms with Gasteiger partial charge in [0.1, 0.15) is 13.2 Å². The molecule has 2 saturated heterocycles. The Bertz CT molecular complexity index is 1010. The van der Waals surface area contributed by atoms with E-state index in [1.165, 1.54) is 30.3 Å². The first-order chi connectivity index (χ1) is 15.9. The van der Waals surface area contributed by atoms with Crippen LogP contribution in [0.1, 0.15) is 9.75 Å². The first-order valence-corrected chi connectivity index (χ1v) is 14.0. The molecule has 0 unspecified atom stereocenters. The molecule has 2 aromatic heterocycles. The normalized spacial score (nSPS) is 20.7. The number of thiophene rings is 2. The van der Waals surface area contributed by atoms with Crippen molar-refractivity contribution in [3.05, 3.63) is 56.5 Å². The minimum Gasteiger partial charge on any atom is -0.378 e. The topological polar surface area (TPSA) is 117 Å². The summed E-state index contributed by atoms with van der Waals surface area (Å²) in [6.45, 7) is 7.21. The second-order valence-electron chi connectivity index (χ2n) is 7.20. The Morgan fingerprint density at radius 3 is 2.27 bits per heavy atom. The number of rotatable bonds is 3. The Balaban J connectivity index is 0.000000471. The highest BCUT2D eigenvalue weighted by Gasteiger charge is 2.26. The van der Waals surface area contributed by atoms with Crippen LogP contribution in [-0.4, -0.2) is 62.2 Å². The molecule has 0 spiro atoms. The van der Waals surface area contributed by atoms with Gasteiger partial charge in [0.25, 0.3) is 0 Å². The van der Waals surface area contributed by atoms with Crippen LogP contribution in [0, 0.1) is 10.2 Å². The summed E-state index contributed by atoms with van der Waals surface area (Å²) >= 11 is 5.62. The summed E-state index contributed by atoms with van der Waals surface area (Å²) in [6.07, 6.45) is 4.56. The monoisotopic (exact) mass is 530 g/mol. The molecule has 8 nitrogen and oxygen atoms in total. The van der Waals surface area contributed by atoms with Gasteiger partial charge in [-0.2, -0.15) is 0 Å². The van der Waals surface area contributed by atoms with Crippen LogP contribution in [0.3, 0.4) is 0 Å². The van der Waals surface area contributed by atoms with E-state index >= 15 is 0 Å². The van der Waals surface area contributed by atoms with Crippen LogP contribution in [0.25, 0.3) is 5.57 Å². The average molecular weight is 531 g/mol. The van der Waals surface area contributed by atoms with Gasteiger partial charge in [-0.1, -0.05) is 6.07 Å². The molecule has 0 aromatic carbocycles. The quantitative estimate of drug-likeness (QED) is 0.483. The van der Waals surface area contributed by atoms with Gasteiger partial charge in [-0.25, -0.2) is 23.2 Å². The summed E-state index contributed by atoms with van der Waals surface area (Å²) in [4.78, 5) is 6.47. The van der Waals surface area contributed by atoms with Crippen molar-refractivity contribution >= 4 is 50.1 Å². The van der Waals surface area contributed by atoms with E-state index in [-0.39, 0.29) is 0 Å². The second kappa shape index (κ2) is 11.5. The van der Waals surface area contributed by atoms with Gasteiger partial charge < -0.3 is 14.4 Å². The van der Waals surface area contributed by atoms with Crippen LogP contribution in [0.15, 0.2) is 46.7 Å². The van der Waals surface area contributed by atoms with Gasteiger partial charge >= 0.3 is 0 Å². The van der Waals surface area contributed by atoms with Crippen LogP contribution < -0.4 is 23.5 Å². The number of allylic oxidation sites excluding steroid dienone is 1. The van der Waals surface area contributed by atoms with Gasteiger partial charge in [0.05, 0.1) is 18.2 Å². The van der Waals surface area contributed by atoms with Gasteiger partial charge in [0.2, 0.25) is 5.04 Å². The van der Waals surface area contributed by atoms with E-state index in [9.17, 15) is 0 Å². The van der Waals surface area contributed by atoms with Gasteiger partial charge in [-0.3, -0.25) is 0 Å². The molecule has 3 aliphatic rings. The second-order valence-corrected chi connectivity index (χ2v) is 11.0. The maximum Gasteiger partial charge on any atom is 0.239 e. The van der Waals surface area contributed by atoms with Crippen molar-refractivity contribution in [3.8, 4) is 0 Å². The number of morpholine rings is 2. The Morgan fingerprint density at radius 2 is 1.61 bits per heavy atom. The predicted octanol–water partition coefficient (Wildman–Crippen LogP) is -0.606. The molecule has 2 aromatic rings. The lowest BCUT2D eigenvalue weighted by Gasteiger charge is -2.27. The molecule has 5 heterocycles. The Kier molecular flexibility index (Phi) is 8.63. The highest BCUT2D eigenvalue weighted by molar-refractivity contribution is 8.18. The first kappa shape index (κ1) is 24.9. The van der Waals surface area contributed by atoms with Crippen molar-refractivity contribution < 1.29 is 42.9 Å². The zero-order valence-corrected chi connectivity index (χ0v) is 20.9. The zero-order chi connectivity index (χ0) is 23.3. The number of nitrogens with zero attached hydrogens (tertiary/aromatic N) is 2. The summed E-state index contributed by atoms with van der Waals surface area (Å²) in [5, 5.41) is 4.86. The number of hydrogen-bond donors (Lipinski definition) is 0. The van der Waals surface area contributed by atoms with Crippen LogP contribution in [0.2, 0.25) is 0 Å². The Morgan fingerprint density at radius 1 is 0.909 bits per heavy atom. The van der Waals surface area contributed by atoms with E-state index in [1.54, 1.807) is 0 Å². The van der Waals surface area contributed by atoms with Crippen molar-refractivity contribution in [1.29, 1.82) is 0 Å². The standard InChI is InChI=1S/C21H23N2O2S3.ClHO4/c1-2-16(26-15-1)21(17-3-5-19(27-17)22-7-11-24-12-8-22)18-4-6-20(28-18)23-9-13-25-14-10-23;2-1(3,4)5/h1-6,15H,7-14H2;(H,2,3,4,5)/q+1;/p-1. The van der Waals surface area contributed by atoms with E-state index in [4.69, 9.17) is 28.1 Å². The molecule has 0 bridgehead atoms. The molecule has 0 saturated carbocycles. The molecule has 0 aliphatic carbocycles. The lowest BCUT2D eigenvalue weighted by atomic mass is 10.1. The number of anilines is 1. The summed E-state index contributed by atoms with van der Waals surface area (Å²) in [7, 11) is -4.94. The van der Waals surface area contributed by atoms with Crippen LogP contribution in [0.5, 0.6) is 0 Å². The van der Waals surface area contributed by atoms with E-state index in [0.717, 1.165) is 52.6 Å². The zero-order valence-electron chi connectivity index (χ0n) is 17.6. The third-order valence-corrected chi connectivity index (χ3v) is 8.30. The van der Waals surface area contributed by atoms with Gasteiger partial charge in [0.15, 0.2) is 13.1 Å². The highest BCUT2D eigenvalue weighted by Crippen LogP contribution is 2.43. The van der Waals surface area contributed by atoms with Gasteiger partial charge in [-0.15, -0.1) is 32.9 Å². The molecular weight excluding hydrogens is 508 g/mol. The van der Waals surface area contributed by atoms with Crippen molar-refractivity contribution in [2.45, 2.75) is 0 Å². The number of halogens is 1. The van der Waals surface area contributed by atoms with Crippen molar-refractivity contribution in [3.63, 3.8) is 0 Å². The van der Waals surface area contributed by atoms with E-state index < -0.39 is 10.2 Å². The summed E-state index contributed by atoms with van der Waals surface area (Å²) in [5.41, 5.74) is 1.36. The fraction of sp³-hybridized carbons (Fsp3) is 0.381. The van der Waals surface area contributed by atoms with Crippen molar-refractivity contribution in [2.75, 3.05) is 57.5 Å². The molecular formula is C21H23ClN2O6S3. The van der Waals surface area contributed by atoms with Crippen molar-refractivity contribution in [1.82, 2.24) is 0 Å². The molecule has 0 N–H and O–H groups in total. The number of ether oxygens (including phenoxy) is 2. The van der Waals surface area contributed by atoms with Crippen LogP contribution in [0.4, 0.5) is 5.00 Å². The SMILES string of the molecule is C1=CC(=[N+]2CCOCC2)SC1=C(c1cccs1)c1ccc(N2CCOCC2)s1.[O-][Cl+3]([O-])([O-])[O-]. The minimum absolute atomic E-state index is 0.822. The van der Waals surface area contributed by atoms with Crippen LogP contribution in [-0.2, 0) is 9.47 Å². The minimum atomic E-state index is -4.94. The summed E-state index contributed by atoms with van der Waals surface area (Å²) in [6, 6.07) is 8.95. The third kappa shape index (κ3) is 7.12. The van der Waals surface area contributed by atoms with E-state index in [0.29, 0.717) is 0 Å². The molecule has 5 rings (SSSR count). The molecule has 0 radical (unpaired) electrons. The average Bonchev–Trinajstić information content (AvgIpc) is 3.57. The maximum absolute atomic E-state index is 8.49. The van der Waals surface area contributed by atoms with Crippen molar-refractivity contribution in [2.24, 2.45) is 0 Å². The molecule has 2 fully saturated rings. The molecule has 0 amide bonds. The largest absolute Gasteiger partial charge is 0.378 e. The first-order valence-electron chi connectivity index (χ1n) is 10.3. The molecule has 0 atom stereocenters. The fourth-order valence-corrected chi connectivity index (χ4v) is 6.87. The molecule has 12 heteroatoms. The van der Waals surface area contributed by atoms with E-state index in [2.05, 4.69) is 51.3 Å². The van der Waals surface area contributed by atoms with Gasteiger partial charge in [0, 0.05) is 39.4 Å². The molecule has 3 aliphatic heterocycles. The third-order valence-electron chi connectivity index (χ3n) is 5.09. The Hall–Kier alpha value is -1.25. The number of hydrogen-bond acceptors (Lipinski definition) is 10. The number of thioether (sulfide) groups is 1. The Labute approximate surface area is 206 Å². The van der Waals surface area contributed by atoms with E-state index in [1.807, 2.05) is 34.4 Å². The highest BCUT2D eigenvalue weighted by atomic mass is 35.7. The molecule has 178 valence electrons. The lowest BCUT2D eigenvalue weighted by Crippen LogP contribution is -2.68. The molecule has 33 heavy (non-hydrogen) atoms.